The predicted octanol–water partition coefficient (Wildman–Crippen LogP) is 3.56. The molecule has 2 heterocycles. The predicted molar refractivity (Wildman–Crippen MR) is 116 cm³/mol. The van der Waals surface area contributed by atoms with Gasteiger partial charge in [0.05, 0.1) is 28.7 Å². The van der Waals surface area contributed by atoms with Gasteiger partial charge in [0.25, 0.3) is 11.8 Å². The number of hydrogen-bond acceptors (Lipinski definition) is 3. The summed E-state index contributed by atoms with van der Waals surface area (Å²) in [7, 11) is 0. The van der Waals surface area contributed by atoms with E-state index in [1.54, 1.807) is 32.8 Å². The molecule has 0 unspecified atom stereocenters. The van der Waals surface area contributed by atoms with Crippen molar-refractivity contribution in [2.75, 3.05) is 26.2 Å². The molecule has 1 aliphatic heterocycles. The molecule has 4 rings (SSSR count). The number of para-hydroxylation sites is 1. The number of amides is 2. The summed E-state index contributed by atoms with van der Waals surface area (Å²) in [5, 5.41) is 4.45. The van der Waals surface area contributed by atoms with Gasteiger partial charge >= 0.3 is 0 Å². The molecule has 1 aromatic heterocycles. The Labute approximate surface area is 180 Å². The number of aromatic nitrogens is 2. The first-order valence-electron chi connectivity index (χ1n) is 10.6. The third kappa shape index (κ3) is 4.21. The van der Waals surface area contributed by atoms with Crippen molar-refractivity contribution < 1.29 is 14.0 Å². The second-order valence-electron chi connectivity index (χ2n) is 7.52. The Bertz CT molecular complexity index is 1080. The molecule has 0 bridgehead atoms. The van der Waals surface area contributed by atoms with Gasteiger partial charge in [-0.05, 0) is 37.1 Å². The van der Waals surface area contributed by atoms with Crippen LogP contribution in [0.3, 0.4) is 0 Å². The maximum atomic E-state index is 14.0. The molecule has 7 heteroatoms. The third-order valence-electron chi connectivity index (χ3n) is 5.61. The zero-order valence-electron chi connectivity index (χ0n) is 17.5. The Balaban J connectivity index is 1.50. The Kier molecular flexibility index (Phi) is 6.11. The van der Waals surface area contributed by atoms with Gasteiger partial charge in [-0.25, -0.2) is 9.07 Å². The van der Waals surface area contributed by atoms with Gasteiger partial charge in [0, 0.05) is 26.2 Å². The van der Waals surface area contributed by atoms with Crippen molar-refractivity contribution >= 4 is 11.8 Å². The average molecular weight is 420 g/mol. The molecular weight excluding hydrogens is 395 g/mol. The molecule has 1 fully saturated rings. The van der Waals surface area contributed by atoms with E-state index in [4.69, 9.17) is 0 Å². The molecular formula is C24H25FN4O2. The van der Waals surface area contributed by atoms with Crippen molar-refractivity contribution in [2.24, 2.45) is 0 Å². The molecule has 1 saturated heterocycles. The lowest BCUT2D eigenvalue weighted by atomic mass is 10.1. The van der Waals surface area contributed by atoms with E-state index in [1.165, 1.54) is 12.1 Å². The molecule has 0 aliphatic carbocycles. The lowest BCUT2D eigenvalue weighted by molar-refractivity contribution is 0.0715. The van der Waals surface area contributed by atoms with E-state index in [0.29, 0.717) is 44.6 Å². The Morgan fingerprint density at radius 3 is 2.13 bits per heavy atom. The van der Waals surface area contributed by atoms with Gasteiger partial charge < -0.3 is 9.80 Å². The van der Waals surface area contributed by atoms with Crippen LogP contribution >= 0.6 is 0 Å². The lowest BCUT2D eigenvalue weighted by Gasteiger charge is -2.22. The summed E-state index contributed by atoms with van der Waals surface area (Å²) in [4.78, 5) is 29.4. The highest BCUT2D eigenvalue weighted by Gasteiger charge is 2.27. The number of benzene rings is 2. The van der Waals surface area contributed by atoms with Crippen LogP contribution < -0.4 is 0 Å². The van der Waals surface area contributed by atoms with Crippen LogP contribution in [-0.4, -0.2) is 57.6 Å². The van der Waals surface area contributed by atoms with Gasteiger partial charge in [0.2, 0.25) is 0 Å². The van der Waals surface area contributed by atoms with E-state index < -0.39 is 5.82 Å². The maximum Gasteiger partial charge on any atom is 0.257 e. The largest absolute Gasteiger partial charge is 0.337 e. The Morgan fingerprint density at radius 2 is 1.48 bits per heavy atom. The summed E-state index contributed by atoms with van der Waals surface area (Å²) >= 11 is 0. The Morgan fingerprint density at radius 1 is 0.871 bits per heavy atom. The van der Waals surface area contributed by atoms with Gasteiger partial charge in [-0.1, -0.05) is 37.3 Å². The smallest absolute Gasteiger partial charge is 0.257 e. The third-order valence-corrected chi connectivity index (χ3v) is 5.61. The summed E-state index contributed by atoms with van der Waals surface area (Å²) in [6, 6.07) is 15.7. The number of carbonyl (C=O) groups is 2. The summed E-state index contributed by atoms with van der Waals surface area (Å²) in [5.74, 6) is -0.941. The molecule has 2 aromatic carbocycles. The quantitative estimate of drug-likeness (QED) is 0.649. The van der Waals surface area contributed by atoms with Crippen molar-refractivity contribution in [3.05, 3.63) is 83.4 Å². The molecule has 6 nitrogen and oxygen atoms in total. The number of carbonyl (C=O) groups excluding carboxylic acids is 2. The minimum atomic E-state index is -0.523. The highest BCUT2D eigenvalue weighted by molar-refractivity contribution is 5.96. The first-order chi connectivity index (χ1) is 15.1. The summed E-state index contributed by atoms with van der Waals surface area (Å²) in [5.41, 5.74) is 2.43. The van der Waals surface area contributed by atoms with Crippen LogP contribution in [0.2, 0.25) is 0 Å². The van der Waals surface area contributed by atoms with E-state index in [2.05, 4.69) is 5.10 Å². The standard InChI is InChI=1S/C24H25FN4O2/c1-2-22-20(17-26-29(22)18-9-4-3-5-10-18)24(31)28-14-8-13-27(15-16-28)23(30)19-11-6-7-12-21(19)25/h3-7,9-12,17H,2,8,13-16H2,1H3. The molecule has 2 amide bonds. The van der Waals surface area contributed by atoms with Crippen molar-refractivity contribution in [2.45, 2.75) is 19.8 Å². The van der Waals surface area contributed by atoms with Crippen LogP contribution in [0.1, 0.15) is 39.8 Å². The first kappa shape index (κ1) is 20.8. The number of nitrogens with zero attached hydrogens (tertiary/aromatic N) is 4. The number of halogens is 1. The van der Waals surface area contributed by atoms with Gasteiger partial charge in [-0.2, -0.15) is 5.10 Å². The van der Waals surface area contributed by atoms with Gasteiger partial charge in [0.15, 0.2) is 0 Å². The zero-order valence-corrected chi connectivity index (χ0v) is 17.5. The molecule has 31 heavy (non-hydrogen) atoms. The summed E-state index contributed by atoms with van der Waals surface area (Å²) in [6.07, 6.45) is 2.93. The molecule has 0 saturated carbocycles. The fourth-order valence-electron chi connectivity index (χ4n) is 3.98. The van der Waals surface area contributed by atoms with E-state index in [0.717, 1.165) is 11.4 Å². The molecule has 3 aromatic rings. The second kappa shape index (κ2) is 9.12. The van der Waals surface area contributed by atoms with E-state index >= 15 is 0 Å². The highest BCUT2D eigenvalue weighted by Crippen LogP contribution is 2.19. The number of rotatable bonds is 4. The minimum Gasteiger partial charge on any atom is -0.337 e. The Hall–Kier alpha value is -3.48. The maximum absolute atomic E-state index is 14.0. The minimum absolute atomic E-state index is 0.0692. The van der Waals surface area contributed by atoms with Crippen molar-refractivity contribution in [1.82, 2.24) is 19.6 Å². The SMILES string of the molecule is CCc1c(C(=O)N2CCCN(C(=O)c3ccccc3F)CC2)cnn1-c1ccccc1. The van der Waals surface area contributed by atoms with E-state index in [-0.39, 0.29) is 17.4 Å². The van der Waals surface area contributed by atoms with Crippen LogP contribution in [0.5, 0.6) is 0 Å². The fourth-order valence-corrected chi connectivity index (χ4v) is 3.98. The van der Waals surface area contributed by atoms with Crippen LogP contribution in [-0.2, 0) is 6.42 Å². The zero-order chi connectivity index (χ0) is 21.8. The average Bonchev–Trinajstić information content (AvgIpc) is 3.08. The van der Waals surface area contributed by atoms with Crippen molar-refractivity contribution in [3.8, 4) is 5.69 Å². The fraction of sp³-hybridized carbons (Fsp3) is 0.292. The molecule has 160 valence electrons. The highest BCUT2D eigenvalue weighted by atomic mass is 19.1. The monoisotopic (exact) mass is 420 g/mol. The normalized spacial score (nSPS) is 14.4. The molecule has 0 spiro atoms. The van der Waals surface area contributed by atoms with Gasteiger partial charge in [-0.15, -0.1) is 0 Å². The number of hydrogen-bond donors (Lipinski definition) is 0. The van der Waals surface area contributed by atoms with Crippen molar-refractivity contribution in [1.29, 1.82) is 0 Å². The molecule has 0 radical (unpaired) electrons. The van der Waals surface area contributed by atoms with Crippen LogP contribution in [0.15, 0.2) is 60.8 Å². The molecule has 0 N–H and O–H groups in total. The first-order valence-corrected chi connectivity index (χ1v) is 10.6. The lowest BCUT2D eigenvalue weighted by Crippen LogP contribution is -2.37. The topological polar surface area (TPSA) is 58.4 Å². The molecule has 0 atom stereocenters. The van der Waals surface area contributed by atoms with Crippen LogP contribution in [0.4, 0.5) is 4.39 Å². The van der Waals surface area contributed by atoms with Crippen molar-refractivity contribution in [3.63, 3.8) is 0 Å². The van der Waals surface area contributed by atoms with E-state index in [9.17, 15) is 14.0 Å². The van der Waals surface area contributed by atoms with Gasteiger partial charge in [0.1, 0.15) is 5.82 Å². The second-order valence-corrected chi connectivity index (χ2v) is 7.52. The van der Waals surface area contributed by atoms with Gasteiger partial charge in [-0.3, -0.25) is 9.59 Å². The van der Waals surface area contributed by atoms with Crippen LogP contribution in [0.25, 0.3) is 5.69 Å². The van der Waals surface area contributed by atoms with E-state index in [1.807, 2.05) is 37.3 Å². The summed E-state index contributed by atoms with van der Waals surface area (Å²) < 4.78 is 15.8. The summed E-state index contributed by atoms with van der Waals surface area (Å²) in [6.45, 7) is 3.80. The van der Waals surface area contributed by atoms with Crippen LogP contribution in [0, 0.1) is 5.82 Å². The molecule has 1 aliphatic rings.